The summed E-state index contributed by atoms with van der Waals surface area (Å²) in [4.78, 5) is 22.7. The Morgan fingerprint density at radius 1 is 1.16 bits per heavy atom. The van der Waals surface area contributed by atoms with Crippen LogP contribution in [0, 0.1) is 6.92 Å². The highest BCUT2D eigenvalue weighted by molar-refractivity contribution is 7.09. The zero-order valence-corrected chi connectivity index (χ0v) is 15.9. The van der Waals surface area contributed by atoms with Crippen molar-refractivity contribution in [1.82, 2.24) is 19.2 Å². The molecule has 0 spiro atoms. The molecule has 2 heterocycles. The van der Waals surface area contributed by atoms with Crippen LogP contribution in [-0.2, 0) is 6.42 Å². The van der Waals surface area contributed by atoms with Crippen LogP contribution in [0.5, 0.6) is 0 Å². The number of hydrogen-bond donors (Lipinski definition) is 0. The topological polar surface area (TPSA) is 52.6 Å². The predicted octanol–water partition coefficient (Wildman–Crippen LogP) is 2.63. The van der Waals surface area contributed by atoms with Gasteiger partial charge in [0.1, 0.15) is 5.82 Å². The van der Waals surface area contributed by atoms with Gasteiger partial charge >= 0.3 is 6.03 Å². The van der Waals surface area contributed by atoms with Crippen LogP contribution in [0.15, 0.2) is 24.3 Å². The van der Waals surface area contributed by atoms with E-state index in [0.29, 0.717) is 0 Å². The lowest BCUT2D eigenvalue weighted by Crippen LogP contribution is -2.41. The minimum atomic E-state index is 0.0826. The number of carbonyl (C=O) groups is 1. The zero-order valence-electron chi connectivity index (χ0n) is 15.1. The van der Waals surface area contributed by atoms with E-state index in [9.17, 15) is 4.79 Å². The van der Waals surface area contributed by atoms with Gasteiger partial charge in [-0.3, -0.25) is 0 Å². The molecule has 1 saturated heterocycles. The summed E-state index contributed by atoms with van der Waals surface area (Å²) in [5, 5.41) is 0.960. The van der Waals surface area contributed by atoms with Gasteiger partial charge in [0, 0.05) is 58.2 Å². The van der Waals surface area contributed by atoms with Gasteiger partial charge < -0.3 is 14.7 Å². The number of benzene rings is 1. The van der Waals surface area contributed by atoms with Gasteiger partial charge in [-0.2, -0.15) is 4.37 Å². The van der Waals surface area contributed by atoms with Gasteiger partial charge in [0.2, 0.25) is 5.13 Å². The summed E-state index contributed by atoms with van der Waals surface area (Å²) in [5.41, 5.74) is 2.49. The fraction of sp³-hybridized carbons (Fsp3) is 0.500. The average molecular weight is 359 g/mol. The Kier molecular flexibility index (Phi) is 5.53. The molecule has 0 N–H and O–H groups in total. The number of anilines is 1. The molecule has 1 aliphatic rings. The SMILES string of the molecule is Cc1ccc(Cc2nsc(N3CCCN(C(=O)N(C)C)CC3)n2)cc1. The Morgan fingerprint density at radius 3 is 2.64 bits per heavy atom. The maximum Gasteiger partial charge on any atom is 0.319 e. The number of amides is 2. The van der Waals surface area contributed by atoms with Gasteiger partial charge in [0.25, 0.3) is 0 Å². The largest absolute Gasteiger partial charge is 0.345 e. The molecule has 6 nitrogen and oxygen atoms in total. The van der Waals surface area contributed by atoms with Crippen LogP contribution in [-0.4, -0.2) is 65.5 Å². The maximum atomic E-state index is 12.1. The highest BCUT2D eigenvalue weighted by atomic mass is 32.1. The van der Waals surface area contributed by atoms with Crippen LogP contribution in [0.3, 0.4) is 0 Å². The number of aromatic nitrogens is 2. The second-order valence-electron chi connectivity index (χ2n) is 6.66. The molecule has 2 aromatic rings. The molecule has 1 aliphatic heterocycles. The molecule has 7 heteroatoms. The highest BCUT2D eigenvalue weighted by Gasteiger charge is 2.22. The van der Waals surface area contributed by atoms with E-state index in [1.165, 1.54) is 22.7 Å². The van der Waals surface area contributed by atoms with Crippen molar-refractivity contribution in [2.24, 2.45) is 0 Å². The summed E-state index contributed by atoms with van der Waals surface area (Å²) in [7, 11) is 3.60. The Morgan fingerprint density at radius 2 is 1.92 bits per heavy atom. The minimum Gasteiger partial charge on any atom is -0.345 e. The second-order valence-corrected chi connectivity index (χ2v) is 7.39. The highest BCUT2D eigenvalue weighted by Crippen LogP contribution is 2.21. The van der Waals surface area contributed by atoms with Crippen LogP contribution in [0.2, 0.25) is 0 Å². The number of carbonyl (C=O) groups excluding carboxylic acids is 1. The maximum absolute atomic E-state index is 12.1. The fourth-order valence-electron chi connectivity index (χ4n) is 2.92. The fourth-order valence-corrected chi connectivity index (χ4v) is 3.65. The van der Waals surface area contributed by atoms with E-state index in [1.54, 1.807) is 19.0 Å². The lowest BCUT2D eigenvalue weighted by atomic mass is 10.1. The van der Waals surface area contributed by atoms with Crippen molar-refractivity contribution in [3.05, 3.63) is 41.2 Å². The Labute approximate surface area is 153 Å². The number of aryl methyl sites for hydroxylation is 1. The smallest absolute Gasteiger partial charge is 0.319 e. The molecular weight excluding hydrogens is 334 g/mol. The van der Waals surface area contributed by atoms with Crippen LogP contribution in [0.1, 0.15) is 23.4 Å². The first-order valence-electron chi connectivity index (χ1n) is 8.62. The molecule has 0 aliphatic carbocycles. The molecule has 1 fully saturated rings. The standard InChI is InChI=1S/C18H25N5OS/c1-14-5-7-15(8-6-14)13-16-19-17(25-20-16)22-9-4-10-23(12-11-22)18(24)21(2)3/h5-8H,4,9-13H2,1-3H3. The molecular formula is C18H25N5OS. The lowest BCUT2D eigenvalue weighted by Gasteiger charge is -2.24. The van der Waals surface area contributed by atoms with Gasteiger partial charge in [-0.05, 0) is 18.9 Å². The molecule has 2 amide bonds. The van der Waals surface area contributed by atoms with Crippen LogP contribution < -0.4 is 4.90 Å². The summed E-state index contributed by atoms with van der Waals surface area (Å²) in [6.45, 7) is 5.33. The van der Waals surface area contributed by atoms with Crippen molar-refractivity contribution in [2.75, 3.05) is 45.2 Å². The molecule has 25 heavy (non-hydrogen) atoms. The summed E-state index contributed by atoms with van der Waals surface area (Å²) < 4.78 is 4.52. The average Bonchev–Trinajstić information content (AvgIpc) is 2.91. The molecule has 134 valence electrons. The van der Waals surface area contributed by atoms with Crippen molar-refractivity contribution >= 4 is 22.7 Å². The summed E-state index contributed by atoms with van der Waals surface area (Å²) in [5.74, 6) is 0.870. The molecule has 1 aromatic heterocycles. The van der Waals surface area contributed by atoms with E-state index in [4.69, 9.17) is 4.98 Å². The third-order valence-corrected chi connectivity index (χ3v) is 5.17. The van der Waals surface area contributed by atoms with Crippen molar-refractivity contribution < 1.29 is 4.79 Å². The Bertz CT molecular complexity index is 713. The van der Waals surface area contributed by atoms with Gasteiger partial charge in [0.15, 0.2) is 0 Å². The molecule has 0 atom stereocenters. The van der Waals surface area contributed by atoms with E-state index in [1.807, 2.05) is 4.90 Å². The van der Waals surface area contributed by atoms with Crippen molar-refractivity contribution in [2.45, 2.75) is 19.8 Å². The second kappa shape index (κ2) is 7.82. The van der Waals surface area contributed by atoms with Crippen LogP contribution >= 0.6 is 11.5 Å². The van der Waals surface area contributed by atoms with Crippen molar-refractivity contribution in [1.29, 1.82) is 0 Å². The minimum absolute atomic E-state index is 0.0826. The number of urea groups is 1. The van der Waals surface area contributed by atoms with E-state index in [2.05, 4.69) is 40.5 Å². The lowest BCUT2D eigenvalue weighted by molar-refractivity contribution is 0.174. The Hall–Kier alpha value is -2.15. The third kappa shape index (κ3) is 4.48. The molecule has 0 unspecified atom stereocenters. The molecule has 3 rings (SSSR count). The predicted molar refractivity (Wildman–Crippen MR) is 101 cm³/mol. The quantitative estimate of drug-likeness (QED) is 0.845. The van der Waals surface area contributed by atoms with Crippen LogP contribution in [0.25, 0.3) is 0 Å². The normalized spacial score (nSPS) is 15.2. The van der Waals surface area contributed by atoms with E-state index in [0.717, 1.165) is 50.0 Å². The van der Waals surface area contributed by atoms with E-state index < -0.39 is 0 Å². The van der Waals surface area contributed by atoms with E-state index >= 15 is 0 Å². The third-order valence-electron chi connectivity index (χ3n) is 4.36. The van der Waals surface area contributed by atoms with Gasteiger partial charge in [-0.25, -0.2) is 9.78 Å². The number of hydrogen-bond acceptors (Lipinski definition) is 5. The van der Waals surface area contributed by atoms with Crippen molar-refractivity contribution in [3.63, 3.8) is 0 Å². The van der Waals surface area contributed by atoms with E-state index in [-0.39, 0.29) is 6.03 Å². The molecule has 0 bridgehead atoms. The zero-order chi connectivity index (χ0) is 17.8. The number of rotatable bonds is 3. The number of nitrogens with zero attached hydrogens (tertiary/aromatic N) is 5. The first-order valence-corrected chi connectivity index (χ1v) is 9.39. The summed E-state index contributed by atoms with van der Waals surface area (Å²) in [6.07, 6.45) is 1.71. The summed E-state index contributed by atoms with van der Waals surface area (Å²) >= 11 is 1.45. The van der Waals surface area contributed by atoms with Crippen molar-refractivity contribution in [3.8, 4) is 0 Å². The molecule has 0 saturated carbocycles. The molecule has 0 radical (unpaired) electrons. The molecule has 1 aromatic carbocycles. The van der Waals surface area contributed by atoms with Crippen LogP contribution in [0.4, 0.5) is 9.93 Å². The van der Waals surface area contributed by atoms with Gasteiger partial charge in [-0.15, -0.1) is 0 Å². The monoisotopic (exact) mass is 359 g/mol. The summed E-state index contributed by atoms with van der Waals surface area (Å²) in [6, 6.07) is 8.58. The first kappa shape index (κ1) is 17.7. The van der Waals surface area contributed by atoms with Gasteiger partial charge in [0.05, 0.1) is 0 Å². The van der Waals surface area contributed by atoms with Gasteiger partial charge in [-0.1, -0.05) is 29.8 Å². The first-order chi connectivity index (χ1) is 12.0. The Balaban J connectivity index is 1.62.